The number of carbonyl (C=O) groups excluding carboxylic acids is 1. The van der Waals surface area contributed by atoms with Gasteiger partial charge in [0.1, 0.15) is 9.88 Å². The highest BCUT2D eigenvalue weighted by atomic mass is 32.2. The molecule has 0 atom stereocenters. The van der Waals surface area contributed by atoms with Crippen LogP contribution in [0, 0.1) is 11.3 Å². The predicted molar refractivity (Wildman–Crippen MR) is 91.4 cm³/mol. The minimum Gasteiger partial charge on any atom is -0.396 e. The first-order valence-corrected chi connectivity index (χ1v) is 9.44. The molecule has 0 spiro atoms. The van der Waals surface area contributed by atoms with Crippen LogP contribution >= 0.6 is 23.1 Å². The zero-order chi connectivity index (χ0) is 15.2. The van der Waals surface area contributed by atoms with Gasteiger partial charge in [-0.25, -0.2) is 0 Å². The van der Waals surface area contributed by atoms with Gasteiger partial charge in [0.2, 0.25) is 0 Å². The molecule has 1 amide bonds. The van der Waals surface area contributed by atoms with Crippen molar-refractivity contribution < 1.29 is 4.79 Å². The van der Waals surface area contributed by atoms with Crippen LogP contribution in [0.2, 0.25) is 0 Å². The van der Waals surface area contributed by atoms with Crippen LogP contribution in [-0.2, 0) is 0 Å². The van der Waals surface area contributed by atoms with Crippen molar-refractivity contribution in [3.05, 3.63) is 4.88 Å². The molecule has 0 radical (unpaired) electrons. The van der Waals surface area contributed by atoms with Crippen LogP contribution in [-0.4, -0.2) is 37.7 Å². The molecule has 21 heavy (non-hydrogen) atoms. The van der Waals surface area contributed by atoms with E-state index < -0.39 is 0 Å². The first-order chi connectivity index (χ1) is 9.98. The Morgan fingerprint density at radius 1 is 1.48 bits per heavy atom. The maximum absolute atomic E-state index is 12.2. The number of nitrogens with one attached hydrogen (secondary N) is 1. The van der Waals surface area contributed by atoms with Gasteiger partial charge in [-0.2, -0.15) is 0 Å². The molecule has 3 N–H and O–H groups in total. The highest BCUT2D eigenvalue weighted by Gasteiger charge is 2.53. The Morgan fingerprint density at radius 2 is 2.14 bits per heavy atom. The number of thioether (sulfide) groups is 1. The average molecular weight is 326 g/mol. The summed E-state index contributed by atoms with van der Waals surface area (Å²) < 4.78 is 0. The van der Waals surface area contributed by atoms with Crippen LogP contribution in [0.4, 0.5) is 10.7 Å². The van der Waals surface area contributed by atoms with E-state index in [0.29, 0.717) is 16.0 Å². The van der Waals surface area contributed by atoms with Gasteiger partial charge in [0.05, 0.1) is 10.6 Å². The van der Waals surface area contributed by atoms with Crippen molar-refractivity contribution in [1.29, 1.82) is 0 Å². The Hall–Kier alpha value is -0.880. The third-order valence-corrected chi connectivity index (χ3v) is 6.75. The van der Waals surface area contributed by atoms with Crippen molar-refractivity contribution in [1.82, 2.24) is 4.90 Å². The topological polar surface area (TPSA) is 58.4 Å². The van der Waals surface area contributed by atoms with Crippen LogP contribution < -0.4 is 11.1 Å². The van der Waals surface area contributed by atoms with Gasteiger partial charge in [0.25, 0.3) is 5.91 Å². The Morgan fingerprint density at radius 3 is 2.62 bits per heavy atom. The Kier molecular flexibility index (Phi) is 3.86. The second-order valence-electron chi connectivity index (χ2n) is 6.40. The maximum atomic E-state index is 12.2. The summed E-state index contributed by atoms with van der Waals surface area (Å²) in [5.41, 5.74) is 7.35. The highest BCUT2D eigenvalue weighted by molar-refractivity contribution is 7.99. The van der Waals surface area contributed by atoms with E-state index in [1.165, 1.54) is 37.0 Å². The molecule has 4 nitrogen and oxygen atoms in total. The smallest absolute Gasteiger partial charge is 0.265 e. The number of nitrogens with two attached hydrogens (primary N) is 1. The number of thiophene rings is 1. The van der Waals surface area contributed by atoms with E-state index in [0.717, 1.165) is 22.4 Å². The van der Waals surface area contributed by atoms with Crippen LogP contribution in [0.25, 0.3) is 0 Å². The molecule has 6 heteroatoms. The summed E-state index contributed by atoms with van der Waals surface area (Å²) in [5.74, 6) is 0.923. The van der Waals surface area contributed by atoms with Crippen molar-refractivity contribution >= 4 is 39.7 Å². The van der Waals surface area contributed by atoms with Gasteiger partial charge in [-0.15, -0.1) is 23.1 Å². The van der Waals surface area contributed by atoms with Gasteiger partial charge in [-0.3, -0.25) is 4.79 Å². The van der Waals surface area contributed by atoms with Crippen molar-refractivity contribution in [2.24, 2.45) is 11.3 Å². The largest absolute Gasteiger partial charge is 0.396 e. The van der Waals surface area contributed by atoms with E-state index in [4.69, 9.17) is 5.73 Å². The van der Waals surface area contributed by atoms with Gasteiger partial charge < -0.3 is 16.0 Å². The lowest BCUT2D eigenvalue weighted by molar-refractivity contribution is 0.0833. The first kappa shape index (κ1) is 15.0. The summed E-state index contributed by atoms with van der Waals surface area (Å²) in [6, 6.07) is 0. The lowest BCUT2D eigenvalue weighted by Gasteiger charge is -2.15. The molecule has 2 aliphatic rings. The molecule has 116 valence electrons. The number of hydrogen-bond donors (Lipinski definition) is 2. The number of carbonyl (C=O) groups is 1. The molecule has 1 heterocycles. The molecular weight excluding hydrogens is 302 g/mol. The zero-order valence-electron chi connectivity index (χ0n) is 12.9. The highest BCUT2D eigenvalue weighted by Crippen LogP contribution is 2.61. The van der Waals surface area contributed by atoms with Crippen molar-refractivity contribution in [3.63, 3.8) is 0 Å². The minimum absolute atomic E-state index is 0.0100. The van der Waals surface area contributed by atoms with Gasteiger partial charge in [-0.1, -0.05) is 0 Å². The van der Waals surface area contributed by atoms with E-state index in [9.17, 15) is 4.79 Å². The summed E-state index contributed by atoms with van der Waals surface area (Å²) in [6.07, 6.45) is 7.51. The monoisotopic (exact) mass is 325 g/mol. The number of hydrogen-bond acceptors (Lipinski definition) is 5. The van der Waals surface area contributed by atoms with Gasteiger partial charge in [0.15, 0.2) is 0 Å². The third kappa shape index (κ3) is 2.75. The van der Waals surface area contributed by atoms with E-state index in [2.05, 4.69) is 5.32 Å². The van der Waals surface area contributed by atoms with Gasteiger partial charge in [-0.05, 0) is 43.3 Å². The summed E-state index contributed by atoms with van der Waals surface area (Å²) in [7, 11) is 3.53. The molecule has 0 aliphatic heterocycles. The fourth-order valence-corrected chi connectivity index (χ4v) is 5.00. The van der Waals surface area contributed by atoms with E-state index in [-0.39, 0.29) is 5.91 Å². The van der Waals surface area contributed by atoms with Crippen LogP contribution in [0.15, 0.2) is 4.90 Å². The number of anilines is 2. The summed E-state index contributed by atoms with van der Waals surface area (Å²) >= 11 is 3.12. The lowest BCUT2D eigenvalue weighted by atomic mass is 10.0. The Balaban J connectivity index is 1.77. The number of rotatable bonds is 6. The predicted octanol–water partition coefficient (Wildman–Crippen LogP) is 3.36. The third-order valence-electron chi connectivity index (χ3n) is 4.64. The van der Waals surface area contributed by atoms with E-state index in [1.54, 1.807) is 30.8 Å². The Bertz CT molecular complexity index is 560. The fraction of sp³-hybridized carbons (Fsp3) is 0.667. The molecular formula is C15H23N3OS2. The fourth-order valence-electron chi connectivity index (χ4n) is 2.95. The average Bonchev–Trinajstić information content (AvgIpc) is 3.33. The summed E-state index contributed by atoms with van der Waals surface area (Å²) in [6.45, 7) is 1.03. The molecule has 0 bridgehead atoms. The standard InChI is InChI=1S/C15H23N3OS2/c1-18(2)14(19)12-10(16)11(20-3)13(21-12)17-8-15(6-7-15)9-4-5-9/h9,17H,4-8,16H2,1-3H3. The molecule has 0 saturated heterocycles. The van der Waals surface area contributed by atoms with Crippen LogP contribution in [0.3, 0.4) is 0 Å². The molecule has 1 aromatic heterocycles. The first-order valence-electron chi connectivity index (χ1n) is 7.40. The second-order valence-corrected chi connectivity index (χ2v) is 8.23. The zero-order valence-corrected chi connectivity index (χ0v) is 14.5. The van der Waals surface area contributed by atoms with E-state index in [1.807, 2.05) is 6.26 Å². The van der Waals surface area contributed by atoms with Gasteiger partial charge >= 0.3 is 0 Å². The number of nitrogens with zero attached hydrogens (tertiary/aromatic N) is 1. The summed E-state index contributed by atoms with van der Waals surface area (Å²) in [4.78, 5) is 15.5. The number of amides is 1. The van der Waals surface area contributed by atoms with E-state index >= 15 is 0 Å². The van der Waals surface area contributed by atoms with Crippen molar-refractivity contribution in [3.8, 4) is 0 Å². The van der Waals surface area contributed by atoms with Crippen LogP contribution in [0.5, 0.6) is 0 Å². The number of nitrogen functional groups attached to an aromatic ring is 1. The lowest BCUT2D eigenvalue weighted by Crippen LogP contribution is -2.21. The second kappa shape index (κ2) is 5.39. The van der Waals surface area contributed by atoms with Gasteiger partial charge in [0, 0.05) is 20.6 Å². The molecule has 1 aromatic rings. The Labute approximate surface area is 134 Å². The maximum Gasteiger partial charge on any atom is 0.265 e. The SMILES string of the molecule is CSc1c(NCC2(C3CC3)CC2)sc(C(=O)N(C)C)c1N. The summed E-state index contributed by atoms with van der Waals surface area (Å²) in [5, 5.41) is 4.66. The normalized spacial score (nSPS) is 19.4. The molecule has 2 aliphatic carbocycles. The minimum atomic E-state index is -0.0100. The van der Waals surface area contributed by atoms with Crippen molar-refractivity contribution in [2.45, 2.75) is 30.6 Å². The molecule has 2 fully saturated rings. The molecule has 2 saturated carbocycles. The molecule has 0 unspecified atom stereocenters. The van der Waals surface area contributed by atoms with Crippen molar-refractivity contribution in [2.75, 3.05) is 37.9 Å². The van der Waals surface area contributed by atoms with Crippen LogP contribution in [0.1, 0.15) is 35.4 Å². The molecule has 0 aromatic carbocycles. The molecule has 3 rings (SSSR count). The quantitative estimate of drug-likeness (QED) is 0.788.